The minimum atomic E-state index is 0.392. The first-order valence-corrected chi connectivity index (χ1v) is 7.32. The highest BCUT2D eigenvalue weighted by atomic mass is 35.5. The Bertz CT molecular complexity index is 375. The van der Waals surface area contributed by atoms with Gasteiger partial charge in [-0.25, -0.2) is 0 Å². The average molecular weight is 267 g/mol. The van der Waals surface area contributed by atoms with Crippen molar-refractivity contribution in [3.63, 3.8) is 0 Å². The van der Waals surface area contributed by atoms with Gasteiger partial charge in [0.25, 0.3) is 0 Å². The topological polar surface area (TPSA) is 15.3 Å². The van der Waals surface area contributed by atoms with Gasteiger partial charge in [0.1, 0.15) is 0 Å². The van der Waals surface area contributed by atoms with E-state index in [1.54, 1.807) is 0 Å². The molecule has 0 aliphatic carbocycles. The first kappa shape index (κ1) is 13.9. The first-order chi connectivity index (χ1) is 8.74. The Morgan fingerprint density at radius 3 is 2.83 bits per heavy atom. The number of hydrogen-bond acceptors (Lipinski definition) is 2. The third kappa shape index (κ3) is 3.05. The van der Waals surface area contributed by atoms with Crippen molar-refractivity contribution in [2.75, 3.05) is 19.6 Å². The van der Waals surface area contributed by atoms with Crippen LogP contribution < -0.4 is 5.32 Å². The Kier molecular flexibility index (Phi) is 5.04. The van der Waals surface area contributed by atoms with Crippen LogP contribution in [0.25, 0.3) is 0 Å². The van der Waals surface area contributed by atoms with Gasteiger partial charge in [-0.05, 0) is 44.5 Å². The Morgan fingerprint density at radius 1 is 1.44 bits per heavy atom. The summed E-state index contributed by atoms with van der Waals surface area (Å²) in [6.07, 6.45) is 2.43. The maximum Gasteiger partial charge on any atom is 0.0453 e. The quantitative estimate of drug-likeness (QED) is 0.878. The molecule has 18 heavy (non-hydrogen) atoms. The van der Waals surface area contributed by atoms with Crippen LogP contribution in [-0.4, -0.2) is 30.6 Å². The molecule has 0 bridgehead atoms. The summed E-state index contributed by atoms with van der Waals surface area (Å²) in [6, 6.07) is 9.26. The van der Waals surface area contributed by atoms with Crippen molar-refractivity contribution in [3.05, 3.63) is 34.9 Å². The Morgan fingerprint density at radius 2 is 2.22 bits per heavy atom. The highest BCUT2D eigenvalue weighted by Crippen LogP contribution is 2.29. The van der Waals surface area contributed by atoms with Crippen LogP contribution in [0.5, 0.6) is 0 Å². The molecule has 2 rings (SSSR count). The molecule has 2 atom stereocenters. The van der Waals surface area contributed by atoms with Crippen molar-refractivity contribution >= 4 is 11.6 Å². The van der Waals surface area contributed by atoms with Gasteiger partial charge in [0, 0.05) is 23.7 Å². The number of benzene rings is 1. The van der Waals surface area contributed by atoms with Gasteiger partial charge in [-0.15, -0.1) is 0 Å². The lowest BCUT2D eigenvalue weighted by Gasteiger charge is -2.34. The van der Waals surface area contributed by atoms with Crippen molar-refractivity contribution in [3.8, 4) is 0 Å². The summed E-state index contributed by atoms with van der Waals surface area (Å²) in [4.78, 5) is 2.60. The number of hydrogen-bond donors (Lipinski definition) is 1. The third-order valence-electron chi connectivity index (χ3n) is 3.84. The van der Waals surface area contributed by atoms with Crippen molar-refractivity contribution < 1.29 is 0 Å². The molecule has 0 saturated carbocycles. The Labute approximate surface area is 115 Å². The molecule has 0 aromatic heterocycles. The summed E-state index contributed by atoms with van der Waals surface area (Å²) in [5.41, 5.74) is 1.25. The fourth-order valence-electron chi connectivity index (χ4n) is 2.87. The molecule has 1 aliphatic heterocycles. The smallest absolute Gasteiger partial charge is 0.0453 e. The Hall–Kier alpha value is -0.570. The van der Waals surface area contributed by atoms with Crippen LogP contribution >= 0.6 is 11.6 Å². The highest BCUT2D eigenvalue weighted by Gasteiger charge is 2.27. The monoisotopic (exact) mass is 266 g/mol. The van der Waals surface area contributed by atoms with Crippen molar-refractivity contribution in [2.45, 2.75) is 38.8 Å². The largest absolute Gasteiger partial charge is 0.315 e. The summed E-state index contributed by atoms with van der Waals surface area (Å²) < 4.78 is 0. The second kappa shape index (κ2) is 6.55. The number of nitrogens with one attached hydrogen (secondary N) is 1. The summed E-state index contributed by atoms with van der Waals surface area (Å²) in [7, 11) is 0. The van der Waals surface area contributed by atoms with E-state index in [-0.39, 0.29) is 0 Å². The average Bonchev–Trinajstić information content (AvgIpc) is 2.89. The molecule has 2 nitrogen and oxygen atoms in total. The molecule has 0 spiro atoms. The van der Waals surface area contributed by atoms with E-state index in [4.69, 9.17) is 11.6 Å². The van der Waals surface area contributed by atoms with Crippen LogP contribution in [-0.2, 0) is 0 Å². The Balaban J connectivity index is 2.17. The SMILES string of the molecule is CCCN(C1CCNC1)C(C)c1ccccc1Cl. The molecule has 1 heterocycles. The fraction of sp³-hybridized carbons (Fsp3) is 0.600. The molecule has 1 aliphatic rings. The number of rotatable bonds is 5. The molecule has 1 N–H and O–H groups in total. The van der Waals surface area contributed by atoms with E-state index >= 15 is 0 Å². The summed E-state index contributed by atoms with van der Waals surface area (Å²) in [5, 5.41) is 4.34. The molecular formula is C15H23ClN2. The van der Waals surface area contributed by atoms with Crippen LogP contribution in [0.2, 0.25) is 5.02 Å². The van der Waals surface area contributed by atoms with Gasteiger partial charge >= 0.3 is 0 Å². The van der Waals surface area contributed by atoms with Gasteiger partial charge in [0.15, 0.2) is 0 Å². The second-order valence-electron chi connectivity index (χ2n) is 5.08. The highest BCUT2D eigenvalue weighted by molar-refractivity contribution is 6.31. The van der Waals surface area contributed by atoms with Gasteiger partial charge in [-0.3, -0.25) is 4.90 Å². The van der Waals surface area contributed by atoms with Gasteiger partial charge in [0.05, 0.1) is 0 Å². The predicted molar refractivity (Wildman–Crippen MR) is 78.1 cm³/mol. The minimum Gasteiger partial charge on any atom is -0.315 e. The standard InChI is InChI=1S/C15H23ClN2/c1-3-10-18(13-8-9-17-11-13)12(2)14-6-4-5-7-15(14)16/h4-7,12-13,17H,3,8-11H2,1-2H3. The van der Waals surface area contributed by atoms with Crippen molar-refractivity contribution in [1.29, 1.82) is 0 Å². The zero-order valence-corrected chi connectivity index (χ0v) is 12.1. The van der Waals surface area contributed by atoms with E-state index in [1.165, 1.54) is 18.4 Å². The van der Waals surface area contributed by atoms with E-state index in [2.05, 4.69) is 36.2 Å². The molecule has 3 heteroatoms. The lowest BCUT2D eigenvalue weighted by Crippen LogP contribution is -2.39. The predicted octanol–water partition coefficient (Wildman–Crippen LogP) is 3.47. The third-order valence-corrected chi connectivity index (χ3v) is 4.18. The molecule has 1 aromatic rings. The van der Waals surface area contributed by atoms with E-state index in [9.17, 15) is 0 Å². The number of halogens is 1. The molecule has 2 unspecified atom stereocenters. The molecule has 0 radical (unpaired) electrons. The zero-order chi connectivity index (χ0) is 13.0. The lowest BCUT2D eigenvalue weighted by molar-refractivity contribution is 0.153. The maximum atomic E-state index is 6.33. The van der Waals surface area contributed by atoms with Crippen molar-refractivity contribution in [1.82, 2.24) is 10.2 Å². The molecule has 100 valence electrons. The number of nitrogens with zero attached hydrogens (tertiary/aromatic N) is 1. The molecular weight excluding hydrogens is 244 g/mol. The van der Waals surface area contributed by atoms with E-state index in [1.807, 2.05) is 12.1 Å². The van der Waals surface area contributed by atoms with E-state index in [0.29, 0.717) is 12.1 Å². The van der Waals surface area contributed by atoms with E-state index < -0.39 is 0 Å². The lowest BCUT2D eigenvalue weighted by atomic mass is 10.0. The summed E-state index contributed by atoms with van der Waals surface area (Å²) >= 11 is 6.33. The van der Waals surface area contributed by atoms with Crippen LogP contribution in [0.4, 0.5) is 0 Å². The van der Waals surface area contributed by atoms with Gasteiger partial charge in [-0.2, -0.15) is 0 Å². The zero-order valence-electron chi connectivity index (χ0n) is 11.3. The molecule has 1 fully saturated rings. The summed E-state index contributed by atoms with van der Waals surface area (Å²) in [5.74, 6) is 0. The van der Waals surface area contributed by atoms with Crippen LogP contribution in [0.1, 0.15) is 38.3 Å². The maximum absolute atomic E-state index is 6.33. The van der Waals surface area contributed by atoms with Gasteiger partial charge in [-0.1, -0.05) is 36.7 Å². The van der Waals surface area contributed by atoms with Gasteiger partial charge < -0.3 is 5.32 Å². The van der Waals surface area contributed by atoms with Crippen LogP contribution in [0, 0.1) is 0 Å². The summed E-state index contributed by atoms with van der Waals surface area (Å²) in [6.45, 7) is 7.90. The molecule has 1 saturated heterocycles. The van der Waals surface area contributed by atoms with E-state index in [0.717, 1.165) is 24.7 Å². The second-order valence-corrected chi connectivity index (χ2v) is 5.49. The van der Waals surface area contributed by atoms with Gasteiger partial charge in [0.2, 0.25) is 0 Å². The van der Waals surface area contributed by atoms with Crippen LogP contribution in [0.3, 0.4) is 0 Å². The first-order valence-electron chi connectivity index (χ1n) is 6.95. The van der Waals surface area contributed by atoms with Crippen molar-refractivity contribution in [2.24, 2.45) is 0 Å². The fourth-order valence-corrected chi connectivity index (χ4v) is 3.16. The molecule has 1 aromatic carbocycles. The molecule has 0 amide bonds. The van der Waals surface area contributed by atoms with Crippen LogP contribution in [0.15, 0.2) is 24.3 Å². The normalized spacial score (nSPS) is 21.4. The minimum absolute atomic E-state index is 0.392.